The number of carboxylic acid groups (broad SMARTS) is 1. The van der Waals surface area contributed by atoms with E-state index in [4.69, 9.17) is 5.11 Å². The van der Waals surface area contributed by atoms with Crippen molar-refractivity contribution in [2.75, 3.05) is 13.1 Å². The lowest BCUT2D eigenvalue weighted by Crippen LogP contribution is -2.33. The highest BCUT2D eigenvalue weighted by molar-refractivity contribution is 5.99. The van der Waals surface area contributed by atoms with Crippen LogP contribution in [0, 0.1) is 5.92 Å². The Morgan fingerprint density at radius 3 is 2.62 bits per heavy atom. The summed E-state index contributed by atoms with van der Waals surface area (Å²) in [7, 11) is 0. The van der Waals surface area contributed by atoms with Gasteiger partial charge >= 0.3 is 12.3 Å². The first-order chi connectivity index (χ1) is 13.8. The van der Waals surface area contributed by atoms with Crippen molar-refractivity contribution in [1.29, 1.82) is 0 Å². The molecule has 3 N–H and O–H groups in total. The van der Waals surface area contributed by atoms with Gasteiger partial charge in [-0.15, -0.1) is 0 Å². The second-order valence-electron chi connectivity index (χ2n) is 6.83. The molecule has 1 heterocycles. The number of pyridine rings is 1. The van der Waals surface area contributed by atoms with Crippen LogP contribution in [0.5, 0.6) is 0 Å². The van der Waals surface area contributed by atoms with E-state index in [0.29, 0.717) is 22.9 Å². The second-order valence-corrected chi connectivity index (χ2v) is 6.83. The zero-order valence-electron chi connectivity index (χ0n) is 15.4. The Hall–Kier alpha value is -3.10. The second kappa shape index (κ2) is 8.50. The van der Waals surface area contributed by atoms with Gasteiger partial charge in [0, 0.05) is 30.2 Å². The van der Waals surface area contributed by atoms with E-state index in [0.717, 1.165) is 11.1 Å². The number of hydrogen-bond donors (Lipinski definition) is 3. The number of halogens is 3. The van der Waals surface area contributed by atoms with Gasteiger partial charge in [0.05, 0.1) is 17.0 Å². The van der Waals surface area contributed by atoms with Crippen LogP contribution in [0.1, 0.15) is 35.2 Å². The minimum atomic E-state index is -4.18. The monoisotopic (exact) mass is 407 g/mol. The van der Waals surface area contributed by atoms with Crippen molar-refractivity contribution < 1.29 is 27.9 Å². The highest BCUT2D eigenvalue weighted by atomic mass is 19.4. The molecule has 1 aromatic carbocycles. The van der Waals surface area contributed by atoms with Crippen molar-refractivity contribution >= 4 is 28.5 Å². The number of para-hydroxylation sites is 1. The Balaban J connectivity index is 1.76. The Morgan fingerprint density at radius 1 is 1.21 bits per heavy atom. The van der Waals surface area contributed by atoms with Gasteiger partial charge in [-0.05, 0) is 30.9 Å². The average molecular weight is 407 g/mol. The van der Waals surface area contributed by atoms with E-state index < -0.39 is 18.2 Å². The van der Waals surface area contributed by atoms with Gasteiger partial charge in [-0.1, -0.05) is 24.3 Å². The first-order valence-electron chi connectivity index (χ1n) is 9.15. The van der Waals surface area contributed by atoms with E-state index in [2.05, 4.69) is 15.6 Å². The van der Waals surface area contributed by atoms with Crippen LogP contribution in [0.25, 0.3) is 16.5 Å². The van der Waals surface area contributed by atoms with Gasteiger partial charge < -0.3 is 15.7 Å². The van der Waals surface area contributed by atoms with Crippen LogP contribution < -0.4 is 10.6 Å². The SMILES string of the molecule is O=C(O)NCCNC(=O)c1cnc2c(C3=CC[C@@H](C(F)(F)F)CC3)cccc2c1. The van der Waals surface area contributed by atoms with E-state index >= 15 is 0 Å². The molecule has 29 heavy (non-hydrogen) atoms. The summed E-state index contributed by atoms with van der Waals surface area (Å²) in [4.78, 5) is 27.0. The molecule has 0 aliphatic heterocycles. The summed E-state index contributed by atoms with van der Waals surface area (Å²) in [6.07, 6.45) is -1.97. The van der Waals surface area contributed by atoms with Crippen LogP contribution in [0.4, 0.5) is 18.0 Å². The zero-order chi connectivity index (χ0) is 21.0. The predicted molar refractivity (Wildman–Crippen MR) is 101 cm³/mol. The topological polar surface area (TPSA) is 91.3 Å². The quantitative estimate of drug-likeness (QED) is 0.654. The lowest BCUT2D eigenvalue weighted by atomic mass is 9.85. The van der Waals surface area contributed by atoms with Gasteiger partial charge in [0.2, 0.25) is 0 Å². The molecule has 0 spiro atoms. The predicted octanol–water partition coefficient (Wildman–Crippen LogP) is 3.98. The molecule has 1 atom stereocenters. The number of rotatable bonds is 5. The maximum Gasteiger partial charge on any atom is 0.404 e. The highest BCUT2D eigenvalue weighted by Gasteiger charge is 2.39. The lowest BCUT2D eigenvalue weighted by Gasteiger charge is -2.24. The van der Waals surface area contributed by atoms with Gasteiger partial charge in [0.15, 0.2) is 0 Å². The van der Waals surface area contributed by atoms with Crippen molar-refractivity contribution in [2.24, 2.45) is 5.92 Å². The van der Waals surface area contributed by atoms with Crippen LogP contribution in [-0.2, 0) is 0 Å². The maximum atomic E-state index is 12.9. The summed E-state index contributed by atoms with van der Waals surface area (Å²) >= 11 is 0. The number of carbonyl (C=O) groups is 2. The number of benzene rings is 1. The Labute approximate surface area is 164 Å². The third-order valence-corrected chi connectivity index (χ3v) is 4.88. The normalized spacial score (nSPS) is 16.9. The number of nitrogens with zero attached hydrogens (tertiary/aromatic N) is 1. The molecule has 2 aromatic rings. The van der Waals surface area contributed by atoms with Crippen molar-refractivity contribution in [1.82, 2.24) is 15.6 Å². The third-order valence-electron chi connectivity index (χ3n) is 4.88. The Kier molecular flexibility index (Phi) is 6.05. The van der Waals surface area contributed by atoms with Gasteiger partial charge in [0.1, 0.15) is 0 Å². The molecule has 2 amide bonds. The van der Waals surface area contributed by atoms with Crippen LogP contribution in [0.3, 0.4) is 0 Å². The number of nitrogens with one attached hydrogen (secondary N) is 2. The lowest BCUT2D eigenvalue weighted by molar-refractivity contribution is -0.175. The molecule has 1 aliphatic rings. The standard InChI is InChI=1S/C20H20F3N3O3/c21-20(22,23)15-6-4-12(5-7-15)16-3-1-2-13-10-14(11-26-17(13)16)18(27)24-8-9-25-19(28)29/h1-4,10-11,15,25H,5-9H2,(H,24,27)(H,28,29)/t15-/m1/s1. The number of carbonyl (C=O) groups excluding carboxylic acids is 1. The van der Waals surface area contributed by atoms with Crippen LogP contribution in [-0.4, -0.2) is 41.4 Å². The highest BCUT2D eigenvalue weighted by Crippen LogP contribution is 2.40. The summed E-state index contributed by atoms with van der Waals surface area (Å²) in [5.74, 6) is -1.69. The molecule has 9 heteroatoms. The van der Waals surface area contributed by atoms with Crippen LogP contribution >= 0.6 is 0 Å². The fourth-order valence-corrected chi connectivity index (χ4v) is 3.37. The first-order valence-corrected chi connectivity index (χ1v) is 9.15. The van der Waals surface area contributed by atoms with Crippen molar-refractivity contribution in [3.8, 4) is 0 Å². The van der Waals surface area contributed by atoms with E-state index in [9.17, 15) is 22.8 Å². The molecule has 0 radical (unpaired) electrons. The fourth-order valence-electron chi connectivity index (χ4n) is 3.37. The Morgan fingerprint density at radius 2 is 1.97 bits per heavy atom. The summed E-state index contributed by atoms with van der Waals surface area (Å²) in [5.41, 5.74) is 2.56. The van der Waals surface area contributed by atoms with Gasteiger partial charge in [0.25, 0.3) is 5.91 Å². The summed E-state index contributed by atoms with van der Waals surface area (Å²) < 4.78 is 38.6. The molecular formula is C20H20F3N3O3. The van der Waals surface area contributed by atoms with Crippen LogP contribution in [0.15, 0.2) is 36.5 Å². The molecule has 6 nitrogen and oxygen atoms in total. The smallest absolute Gasteiger partial charge is 0.404 e. The largest absolute Gasteiger partial charge is 0.465 e. The van der Waals surface area contributed by atoms with Crippen molar-refractivity contribution in [3.05, 3.63) is 47.7 Å². The van der Waals surface area contributed by atoms with Crippen molar-refractivity contribution in [3.63, 3.8) is 0 Å². The number of amides is 2. The number of aromatic nitrogens is 1. The van der Waals surface area contributed by atoms with Crippen molar-refractivity contribution in [2.45, 2.75) is 25.4 Å². The minimum Gasteiger partial charge on any atom is -0.465 e. The number of hydrogen-bond acceptors (Lipinski definition) is 3. The van der Waals surface area contributed by atoms with Gasteiger partial charge in [-0.25, -0.2) is 4.79 Å². The number of alkyl halides is 3. The molecule has 3 rings (SSSR count). The molecule has 0 saturated carbocycles. The summed E-state index contributed by atoms with van der Waals surface area (Å²) in [6, 6.07) is 7.06. The van der Waals surface area contributed by atoms with E-state index in [1.807, 2.05) is 6.07 Å². The van der Waals surface area contributed by atoms with E-state index in [1.165, 1.54) is 6.20 Å². The molecule has 1 aromatic heterocycles. The van der Waals surface area contributed by atoms with E-state index in [-0.39, 0.29) is 31.8 Å². The molecule has 0 bridgehead atoms. The van der Waals surface area contributed by atoms with E-state index in [1.54, 1.807) is 24.3 Å². The first kappa shape index (κ1) is 20.6. The molecule has 0 unspecified atom stereocenters. The zero-order valence-corrected chi connectivity index (χ0v) is 15.4. The summed E-state index contributed by atoms with van der Waals surface area (Å²) in [6.45, 7) is 0.218. The van der Waals surface area contributed by atoms with Gasteiger partial charge in [-0.3, -0.25) is 9.78 Å². The Bertz CT molecular complexity index is 957. The number of allylic oxidation sites excluding steroid dienone is 2. The molecule has 0 saturated heterocycles. The molecule has 1 aliphatic carbocycles. The molecule has 154 valence electrons. The minimum absolute atomic E-state index is 0.0416. The number of fused-ring (bicyclic) bond motifs is 1. The molecule has 0 fully saturated rings. The maximum absolute atomic E-state index is 12.9. The molecular weight excluding hydrogens is 387 g/mol. The third kappa shape index (κ3) is 5.04. The average Bonchev–Trinajstić information content (AvgIpc) is 2.69. The van der Waals surface area contributed by atoms with Gasteiger partial charge in [-0.2, -0.15) is 13.2 Å². The van der Waals surface area contributed by atoms with Crippen LogP contribution in [0.2, 0.25) is 0 Å². The fraction of sp³-hybridized carbons (Fsp3) is 0.350. The summed E-state index contributed by atoms with van der Waals surface area (Å²) in [5, 5.41) is 14.0.